The summed E-state index contributed by atoms with van der Waals surface area (Å²) in [7, 11) is -3.45. The first-order valence-corrected chi connectivity index (χ1v) is 11.6. The van der Waals surface area contributed by atoms with Crippen LogP contribution in [-0.4, -0.2) is 37.6 Å². The molecule has 1 aliphatic heterocycles. The van der Waals surface area contributed by atoms with Crippen LogP contribution in [0.25, 0.3) is 0 Å². The zero-order chi connectivity index (χ0) is 21.7. The smallest absolute Gasteiger partial charge is 0.227 e. The molecule has 1 fully saturated rings. The number of piperidine rings is 1. The number of hydrogen-bond acceptors (Lipinski definition) is 4. The highest BCUT2D eigenvalue weighted by Crippen LogP contribution is 2.24. The minimum absolute atomic E-state index is 0.0817. The molecule has 0 unspecified atom stereocenters. The fourth-order valence-corrected chi connectivity index (χ4v) is 5.05. The lowest BCUT2D eigenvalue weighted by Crippen LogP contribution is -2.41. The molecule has 0 saturated carbocycles. The van der Waals surface area contributed by atoms with Crippen molar-refractivity contribution in [1.29, 1.82) is 0 Å². The van der Waals surface area contributed by atoms with Gasteiger partial charge >= 0.3 is 0 Å². The summed E-state index contributed by atoms with van der Waals surface area (Å²) in [5.41, 5.74) is 1.97. The monoisotopic (exact) mass is 449 g/mol. The number of halogens is 1. The van der Waals surface area contributed by atoms with Crippen molar-refractivity contribution in [3.8, 4) is 0 Å². The van der Waals surface area contributed by atoms with Gasteiger partial charge in [0.2, 0.25) is 21.8 Å². The van der Waals surface area contributed by atoms with E-state index in [2.05, 4.69) is 10.6 Å². The highest BCUT2D eigenvalue weighted by molar-refractivity contribution is 7.88. The number of carbonyl (C=O) groups is 2. The molecule has 2 aromatic carbocycles. The zero-order valence-corrected chi connectivity index (χ0v) is 18.2. The number of hydrogen-bond donors (Lipinski definition) is 2. The van der Waals surface area contributed by atoms with E-state index in [1.54, 1.807) is 48.5 Å². The van der Waals surface area contributed by atoms with Gasteiger partial charge in [0.15, 0.2) is 0 Å². The number of amides is 2. The topological polar surface area (TPSA) is 95.6 Å². The van der Waals surface area contributed by atoms with Gasteiger partial charge in [-0.05, 0) is 54.8 Å². The van der Waals surface area contributed by atoms with Crippen LogP contribution in [0, 0.1) is 5.92 Å². The lowest BCUT2D eigenvalue weighted by Gasteiger charge is -2.30. The number of benzene rings is 2. The van der Waals surface area contributed by atoms with Crippen LogP contribution < -0.4 is 10.6 Å². The van der Waals surface area contributed by atoms with E-state index in [0.29, 0.717) is 47.9 Å². The number of nitrogens with zero attached hydrogens (tertiary/aromatic N) is 1. The number of nitrogens with one attached hydrogen (secondary N) is 2. The number of anilines is 2. The molecule has 0 spiro atoms. The molecule has 2 N–H and O–H groups in total. The Kier molecular flexibility index (Phi) is 7.12. The van der Waals surface area contributed by atoms with Crippen molar-refractivity contribution in [2.24, 2.45) is 5.92 Å². The molecule has 1 saturated heterocycles. The number of rotatable bonds is 6. The summed E-state index contributed by atoms with van der Waals surface area (Å²) in [4.78, 5) is 23.6. The van der Waals surface area contributed by atoms with Gasteiger partial charge in [0, 0.05) is 42.3 Å². The van der Waals surface area contributed by atoms with E-state index in [4.69, 9.17) is 11.6 Å². The van der Waals surface area contributed by atoms with Gasteiger partial charge in [-0.15, -0.1) is 0 Å². The van der Waals surface area contributed by atoms with E-state index in [1.807, 2.05) is 0 Å². The molecule has 0 bridgehead atoms. The van der Waals surface area contributed by atoms with Crippen molar-refractivity contribution < 1.29 is 18.0 Å². The van der Waals surface area contributed by atoms with Crippen molar-refractivity contribution in [3.05, 3.63) is 59.1 Å². The summed E-state index contributed by atoms with van der Waals surface area (Å²) < 4.78 is 26.8. The minimum Gasteiger partial charge on any atom is -0.326 e. The highest BCUT2D eigenvalue weighted by Gasteiger charge is 2.31. The van der Waals surface area contributed by atoms with Gasteiger partial charge in [0.25, 0.3) is 0 Å². The number of carbonyl (C=O) groups excluding carboxylic acids is 2. The van der Waals surface area contributed by atoms with Crippen LogP contribution in [0.5, 0.6) is 0 Å². The van der Waals surface area contributed by atoms with Crippen LogP contribution in [0.2, 0.25) is 5.02 Å². The molecule has 3 rings (SSSR count). The Labute approximate surface area is 181 Å². The molecule has 2 aromatic rings. The van der Waals surface area contributed by atoms with Gasteiger partial charge in [0.05, 0.1) is 5.75 Å². The minimum atomic E-state index is -3.45. The Morgan fingerprint density at radius 2 is 1.50 bits per heavy atom. The normalized spacial score (nSPS) is 15.5. The Morgan fingerprint density at radius 1 is 0.967 bits per heavy atom. The molecule has 1 heterocycles. The Hall–Kier alpha value is -2.42. The van der Waals surface area contributed by atoms with Crippen molar-refractivity contribution >= 4 is 44.8 Å². The lowest BCUT2D eigenvalue weighted by molar-refractivity contribution is -0.121. The molecule has 0 aromatic heterocycles. The standard InChI is InChI=1S/C21H24ClN3O4S/c1-15(26)23-19-6-8-20(9-7-19)24-21(27)17-10-12-25(13-11-17)30(28,29)14-16-2-4-18(22)5-3-16/h2-9,17H,10-14H2,1H3,(H,23,26)(H,24,27). The first-order valence-electron chi connectivity index (χ1n) is 9.64. The summed E-state index contributed by atoms with van der Waals surface area (Å²) in [5.74, 6) is -0.620. The third-order valence-corrected chi connectivity index (χ3v) is 7.06. The molecule has 9 heteroatoms. The number of sulfonamides is 1. The van der Waals surface area contributed by atoms with E-state index in [0.717, 1.165) is 0 Å². The van der Waals surface area contributed by atoms with Crippen molar-refractivity contribution in [3.63, 3.8) is 0 Å². The molecular formula is C21H24ClN3O4S. The maximum atomic E-state index is 12.7. The first-order chi connectivity index (χ1) is 14.2. The van der Waals surface area contributed by atoms with Crippen LogP contribution in [0.15, 0.2) is 48.5 Å². The summed E-state index contributed by atoms with van der Waals surface area (Å²) in [5, 5.41) is 6.09. The maximum Gasteiger partial charge on any atom is 0.227 e. The van der Waals surface area contributed by atoms with Crippen molar-refractivity contribution in [1.82, 2.24) is 4.31 Å². The first kappa shape index (κ1) is 22.3. The molecule has 1 aliphatic rings. The van der Waals surface area contributed by atoms with Gasteiger partial charge in [0.1, 0.15) is 0 Å². The molecule has 0 aliphatic carbocycles. The third kappa shape index (κ3) is 6.04. The van der Waals surface area contributed by atoms with Crippen LogP contribution in [-0.2, 0) is 25.4 Å². The fraction of sp³-hybridized carbons (Fsp3) is 0.333. The third-order valence-electron chi connectivity index (χ3n) is 4.95. The lowest BCUT2D eigenvalue weighted by atomic mass is 9.97. The van der Waals surface area contributed by atoms with E-state index in [9.17, 15) is 18.0 Å². The summed E-state index contributed by atoms with van der Waals surface area (Å²) in [6.07, 6.45) is 0.936. The molecule has 7 nitrogen and oxygen atoms in total. The van der Waals surface area contributed by atoms with E-state index in [1.165, 1.54) is 11.2 Å². The molecule has 0 atom stereocenters. The zero-order valence-electron chi connectivity index (χ0n) is 16.6. The quantitative estimate of drug-likeness (QED) is 0.705. The van der Waals surface area contributed by atoms with Gasteiger partial charge in [-0.3, -0.25) is 9.59 Å². The van der Waals surface area contributed by atoms with Gasteiger partial charge in [-0.1, -0.05) is 23.7 Å². The Morgan fingerprint density at radius 3 is 2.03 bits per heavy atom. The largest absolute Gasteiger partial charge is 0.326 e. The maximum absolute atomic E-state index is 12.7. The highest BCUT2D eigenvalue weighted by atomic mass is 35.5. The molecule has 160 valence electrons. The van der Waals surface area contributed by atoms with Gasteiger partial charge < -0.3 is 10.6 Å². The average molecular weight is 450 g/mol. The second kappa shape index (κ2) is 9.59. The second-order valence-electron chi connectivity index (χ2n) is 7.30. The summed E-state index contributed by atoms with van der Waals surface area (Å²) in [6.45, 7) is 2.06. The molecule has 0 radical (unpaired) electrons. The summed E-state index contributed by atoms with van der Waals surface area (Å²) in [6, 6.07) is 13.6. The predicted octanol–water partition coefficient (Wildman–Crippen LogP) is 3.48. The molecule has 30 heavy (non-hydrogen) atoms. The van der Waals surface area contributed by atoms with Crippen molar-refractivity contribution in [2.75, 3.05) is 23.7 Å². The van der Waals surface area contributed by atoms with Crippen LogP contribution >= 0.6 is 11.6 Å². The average Bonchev–Trinajstić information content (AvgIpc) is 2.71. The van der Waals surface area contributed by atoms with Crippen LogP contribution in [0.1, 0.15) is 25.3 Å². The molecular weight excluding hydrogens is 426 g/mol. The second-order valence-corrected chi connectivity index (χ2v) is 9.71. The van der Waals surface area contributed by atoms with E-state index in [-0.39, 0.29) is 23.5 Å². The summed E-state index contributed by atoms with van der Waals surface area (Å²) >= 11 is 5.85. The predicted molar refractivity (Wildman–Crippen MR) is 118 cm³/mol. The van der Waals surface area contributed by atoms with E-state index < -0.39 is 10.0 Å². The Bertz CT molecular complexity index is 1000. The van der Waals surface area contributed by atoms with Crippen molar-refractivity contribution in [2.45, 2.75) is 25.5 Å². The van der Waals surface area contributed by atoms with Crippen LogP contribution in [0.3, 0.4) is 0 Å². The Balaban J connectivity index is 1.52. The molecule has 2 amide bonds. The van der Waals surface area contributed by atoms with E-state index >= 15 is 0 Å². The van der Waals surface area contributed by atoms with Gasteiger partial charge in [-0.2, -0.15) is 0 Å². The SMILES string of the molecule is CC(=O)Nc1ccc(NC(=O)C2CCN(S(=O)(=O)Cc3ccc(Cl)cc3)CC2)cc1. The van der Waals surface area contributed by atoms with Gasteiger partial charge in [-0.25, -0.2) is 12.7 Å². The van der Waals surface area contributed by atoms with Crippen LogP contribution in [0.4, 0.5) is 11.4 Å². The fourth-order valence-electron chi connectivity index (χ4n) is 3.36.